The van der Waals surface area contributed by atoms with Gasteiger partial charge < -0.3 is 0 Å². The first-order chi connectivity index (χ1) is 4.39. The second-order valence-electron chi connectivity index (χ2n) is 2.08. The standard InChI is InChI=1S/C5H10N2O2S/c1-5(4-6)7(2)10(3,8)9/h5H,1-3H3. The molecule has 0 aliphatic carbocycles. The Morgan fingerprint density at radius 3 is 2.10 bits per heavy atom. The Morgan fingerprint density at radius 1 is 1.60 bits per heavy atom. The molecule has 0 radical (unpaired) electrons. The number of hydrogen-bond donors (Lipinski definition) is 0. The fraction of sp³-hybridized carbons (Fsp3) is 0.800. The fourth-order valence-corrected chi connectivity index (χ4v) is 0.990. The number of hydrogen-bond acceptors (Lipinski definition) is 3. The van der Waals surface area contributed by atoms with Gasteiger partial charge in [0.05, 0.1) is 12.3 Å². The third-order valence-electron chi connectivity index (χ3n) is 1.26. The molecule has 1 atom stereocenters. The van der Waals surface area contributed by atoms with E-state index < -0.39 is 16.1 Å². The van der Waals surface area contributed by atoms with Gasteiger partial charge in [0.2, 0.25) is 10.0 Å². The second kappa shape index (κ2) is 2.99. The Morgan fingerprint density at radius 2 is 2.00 bits per heavy atom. The van der Waals surface area contributed by atoms with Gasteiger partial charge in [0.15, 0.2) is 0 Å². The second-order valence-corrected chi connectivity index (χ2v) is 4.13. The van der Waals surface area contributed by atoms with Crippen molar-refractivity contribution < 1.29 is 8.42 Å². The van der Waals surface area contributed by atoms with Crippen LogP contribution >= 0.6 is 0 Å². The van der Waals surface area contributed by atoms with E-state index in [1.807, 2.05) is 6.07 Å². The minimum Gasteiger partial charge on any atom is -0.212 e. The Labute approximate surface area is 61.1 Å². The summed E-state index contributed by atoms with van der Waals surface area (Å²) < 4.78 is 22.4. The van der Waals surface area contributed by atoms with Crippen molar-refractivity contribution in [3.05, 3.63) is 0 Å². The molecule has 0 heterocycles. The van der Waals surface area contributed by atoms with Gasteiger partial charge in [-0.3, -0.25) is 0 Å². The summed E-state index contributed by atoms with van der Waals surface area (Å²) in [6.07, 6.45) is 1.07. The van der Waals surface area contributed by atoms with Gasteiger partial charge in [0.25, 0.3) is 0 Å². The Bertz CT molecular complexity index is 239. The lowest BCUT2D eigenvalue weighted by atomic mass is 10.4. The van der Waals surface area contributed by atoms with Gasteiger partial charge in [-0.1, -0.05) is 0 Å². The number of rotatable bonds is 2. The van der Waals surface area contributed by atoms with Crippen LogP contribution in [0.1, 0.15) is 6.92 Å². The van der Waals surface area contributed by atoms with Crippen LogP contribution in [0.5, 0.6) is 0 Å². The van der Waals surface area contributed by atoms with Crippen molar-refractivity contribution >= 4 is 10.0 Å². The zero-order chi connectivity index (χ0) is 8.36. The van der Waals surface area contributed by atoms with Crippen molar-refractivity contribution in [3.8, 4) is 6.07 Å². The predicted octanol–water partition coefficient (Wildman–Crippen LogP) is -0.210. The van der Waals surface area contributed by atoms with Crippen LogP contribution in [0.15, 0.2) is 0 Å². The molecule has 0 bridgehead atoms. The van der Waals surface area contributed by atoms with Gasteiger partial charge >= 0.3 is 0 Å². The van der Waals surface area contributed by atoms with Crippen molar-refractivity contribution in [3.63, 3.8) is 0 Å². The average Bonchev–Trinajstić information content (AvgIpc) is 1.83. The van der Waals surface area contributed by atoms with Crippen LogP contribution in [0.3, 0.4) is 0 Å². The Hall–Kier alpha value is -0.600. The van der Waals surface area contributed by atoms with Crippen LogP contribution < -0.4 is 0 Å². The fourth-order valence-electron chi connectivity index (χ4n) is 0.369. The third-order valence-corrected chi connectivity index (χ3v) is 2.62. The molecule has 0 aliphatic heterocycles. The smallest absolute Gasteiger partial charge is 0.212 e. The molecule has 4 nitrogen and oxygen atoms in total. The van der Waals surface area contributed by atoms with Crippen LogP contribution in [0.2, 0.25) is 0 Å². The van der Waals surface area contributed by atoms with Gasteiger partial charge in [-0.15, -0.1) is 0 Å². The highest BCUT2D eigenvalue weighted by Gasteiger charge is 2.16. The van der Waals surface area contributed by atoms with Gasteiger partial charge in [0.1, 0.15) is 6.04 Å². The van der Waals surface area contributed by atoms with Gasteiger partial charge in [-0.05, 0) is 6.92 Å². The van der Waals surface area contributed by atoms with E-state index in [0.717, 1.165) is 10.6 Å². The molecule has 0 saturated heterocycles. The van der Waals surface area contributed by atoms with Gasteiger partial charge in [-0.2, -0.15) is 9.57 Å². The highest BCUT2D eigenvalue weighted by atomic mass is 32.2. The third kappa shape index (κ3) is 2.33. The van der Waals surface area contributed by atoms with Crippen LogP contribution in [0.4, 0.5) is 0 Å². The molecule has 0 aromatic carbocycles. The van der Waals surface area contributed by atoms with Crippen LogP contribution in [0, 0.1) is 11.3 Å². The van der Waals surface area contributed by atoms with Crippen molar-refractivity contribution in [1.29, 1.82) is 5.26 Å². The van der Waals surface area contributed by atoms with Crippen molar-refractivity contribution in [2.45, 2.75) is 13.0 Å². The summed E-state index contributed by atoms with van der Waals surface area (Å²) in [7, 11) is -1.83. The van der Waals surface area contributed by atoms with E-state index in [2.05, 4.69) is 0 Å². The maximum atomic E-state index is 10.7. The highest BCUT2D eigenvalue weighted by molar-refractivity contribution is 7.88. The molecule has 0 rings (SSSR count). The van der Waals surface area contributed by atoms with E-state index >= 15 is 0 Å². The van der Waals surface area contributed by atoms with Crippen LogP contribution in [-0.2, 0) is 10.0 Å². The lowest BCUT2D eigenvalue weighted by molar-refractivity contribution is 0.446. The van der Waals surface area contributed by atoms with E-state index in [4.69, 9.17) is 5.26 Å². The summed E-state index contributed by atoms with van der Waals surface area (Å²) in [4.78, 5) is 0. The predicted molar refractivity (Wildman–Crippen MR) is 37.7 cm³/mol. The zero-order valence-electron chi connectivity index (χ0n) is 6.20. The van der Waals surface area contributed by atoms with E-state index in [0.29, 0.717) is 0 Å². The molecule has 0 aromatic rings. The largest absolute Gasteiger partial charge is 0.212 e. The van der Waals surface area contributed by atoms with E-state index in [-0.39, 0.29) is 0 Å². The quantitative estimate of drug-likeness (QED) is 0.564. The normalized spacial score (nSPS) is 14.7. The molecular formula is C5H10N2O2S. The summed E-state index contributed by atoms with van der Waals surface area (Å²) in [5.74, 6) is 0. The number of sulfonamides is 1. The first-order valence-electron chi connectivity index (χ1n) is 2.72. The molecule has 0 N–H and O–H groups in total. The average molecular weight is 162 g/mol. The molecular weight excluding hydrogens is 152 g/mol. The molecule has 0 spiro atoms. The van der Waals surface area contributed by atoms with E-state index in [1.54, 1.807) is 0 Å². The zero-order valence-corrected chi connectivity index (χ0v) is 7.01. The Balaban J connectivity index is 4.42. The summed E-state index contributed by atoms with van der Waals surface area (Å²) in [6.45, 7) is 1.53. The first kappa shape index (κ1) is 9.40. The molecule has 0 saturated carbocycles. The summed E-state index contributed by atoms with van der Waals surface area (Å²) in [5, 5.41) is 8.31. The maximum Gasteiger partial charge on any atom is 0.212 e. The summed E-state index contributed by atoms with van der Waals surface area (Å²) in [6, 6.07) is 1.23. The molecule has 0 amide bonds. The SMILES string of the molecule is CC(C#N)N(C)S(C)(=O)=O. The first-order valence-corrected chi connectivity index (χ1v) is 4.57. The highest BCUT2D eigenvalue weighted by Crippen LogP contribution is 1.98. The summed E-state index contributed by atoms with van der Waals surface area (Å²) in [5.41, 5.74) is 0. The molecule has 1 unspecified atom stereocenters. The molecule has 0 aromatic heterocycles. The van der Waals surface area contributed by atoms with Gasteiger partial charge in [0, 0.05) is 7.05 Å². The topological polar surface area (TPSA) is 61.2 Å². The minimum absolute atomic E-state index is 0.588. The van der Waals surface area contributed by atoms with E-state index in [9.17, 15) is 8.42 Å². The van der Waals surface area contributed by atoms with Crippen molar-refractivity contribution in [2.75, 3.05) is 13.3 Å². The molecule has 0 fully saturated rings. The summed E-state index contributed by atoms with van der Waals surface area (Å²) >= 11 is 0. The molecule has 5 heteroatoms. The minimum atomic E-state index is -3.20. The monoisotopic (exact) mass is 162 g/mol. The van der Waals surface area contributed by atoms with Crippen LogP contribution in [0.25, 0.3) is 0 Å². The molecule has 10 heavy (non-hydrogen) atoms. The Kier molecular flexibility index (Phi) is 2.81. The maximum absolute atomic E-state index is 10.7. The number of nitriles is 1. The van der Waals surface area contributed by atoms with Crippen molar-refractivity contribution in [1.82, 2.24) is 4.31 Å². The molecule has 58 valence electrons. The van der Waals surface area contributed by atoms with E-state index in [1.165, 1.54) is 14.0 Å². The lowest BCUT2D eigenvalue weighted by Crippen LogP contribution is -2.32. The van der Waals surface area contributed by atoms with Crippen molar-refractivity contribution in [2.24, 2.45) is 0 Å². The lowest BCUT2D eigenvalue weighted by Gasteiger charge is -2.15. The van der Waals surface area contributed by atoms with Gasteiger partial charge in [-0.25, -0.2) is 8.42 Å². The molecule has 0 aliphatic rings. The number of nitrogens with zero attached hydrogens (tertiary/aromatic N) is 2. The van der Waals surface area contributed by atoms with Crippen LogP contribution in [-0.4, -0.2) is 32.1 Å².